The molecular weight excluding hydrogens is 419 g/mol. The van der Waals surface area contributed by atoms with Crippen molar-refractivity contribution in [1.29, 1.82) is 0 Å². The second-order valence-corrected chi connectivity index (χ2v) is 8.73. The number of benzene rings is 2. The molecule has 10 heteroatoms. The summed E-state index contributed by atoms with van der Waals surface area (Å²) in [4.78, 5) is 16.2. The van der Waals surface area contributed by atoms with Gasteiger partial charge in [-0.25, -0.2) is 9.37 Å². The molecule has 150 valence electrons. The first-order valence-corrected chi connectivity index (χ1v) is 10.5. The number of sulfonamides is 1. The van der Waals surface area contributed by atoms with Gasteiger partial charge < -0.3 is 9.88 Å². The predicted octanol–water partition coefficient (Wildman–Crippen LogP) is 3.07. The molecule has 1 aliphatic rings. The third kappa shape index (κ3) is 3.83. The Morgan fingerprint density at radius 3 is 2.83 bits per heavy atom. The van der Waals surface area contributed by atoms with Gasteiger partial charge in [-0.05, 0) is 36.2 Å². The minimum Gasteiger partial charge on any atom is -0.327 e. The van der Waals surface area contributed by atoms with Gasteiger partial charge in [-0.15, -0.1) is 0 Å². The number of halogens is 2. The Kier molecular flexibility index (Phi) is 5.01. The molecule has 2 heterocycles. The molecule has 0 aliphatic carbocycles. The van der Waals surface area contributed by atoms with Crippen molar-refractivity contribution in [3.63, 3.8) is 0 Å². The second-order valence-electron chi connectivity index (χ2n) is 6.51. The van der Waals surface area contributed by atoms with Crippen molar-refractivity contribution in [2.45, 2.75) is 18.0 Å². The van der Waals surface area contributed by atoms with Gasteiger partial charge in [0.15, 0.2) is 5.03 Å². The molecule has 7 nitrogen and oxygen atoms in total. The zero-order valence-corrected chi connectivity index (χ0v) is 16.6. The first-order valence-electron chi connectivity index (χ1n) is 8.72. The maximum Gasteiger partial charge on any atom is 0.283 e. The van der Waals surface area contributed by atoms with Crippen LogP contribution in [0, 0.1) is 5.82 Å². The summed E-state index contributed by atoms with van der Waals surface area (Å²) in [7, 11) is -3.83. The van der Waals surface area contributed by atoms with Crippen LogP contribution in [0.4, 0.5) is 15.8 Å². The number of para-hydroxylation sites is 1. The molecule has 1 amide bonds. The molecule has 1 aliphatic heterocycles. The van der Waals surface area contributed by atoms with Crippen LogP contribution < -0.4 is 9.62 Å². The monoisotopic (exact) mass is 434 g/mol. The minimum absolute atomic E-state index is 0.0694. The Morgan fingerprint density at radius 1 is 1.24 bits per heavy atom. The number of anilines is 2. The molecule has 0 saturated heterocycles. The van der Waals surface area contributed by atoms with E-state index in [1.165, 1.54) is 33.5 Å². The second kappa shape index (κ2) is 7.49. The Hall–Kier alpha value is -2.91. The van der Waals surface area contributed by atoms with Crippen molar-refractivity contribution in [2.24, 2.45) is 0 Å². The van der Waals surface area contributed by atoms with E-state index >= 15 is 0 Å². The summed E-state index contributed by atoms with van der Waals surface area (Å²) < 4.78 is 41.7. The molecule has 2 aromatic carbocycles. The normalized spacial score (nSPS) is 13.4. The molecule has 0 radical (unpaired) electrons. The smallest absolute Gasteiger partial charge is 0.283 e. The molecule has 1 N–H and O–H groups in total. The zero-order chi connectivity index (χ0) is 20.6. The summed E-state index contributed by atoms with van der Waals surface area (Å²) in [5.41, 5.74) is 1.87. The van der Waals surface area contributed by atoms with Gasteiger partial charge in [0.05, 0.1) is 22.7 Å². The summed E-state index contributed by atoms with van der Waals surface area (Å²) in [5.74, 6) is -0.965. The van der Waals surface area contributed by atoms with Gasteiger partial charge in [-0.3, -0.25) is 9.10 Å². The third-order valence-electron chi connectivity index (χ3n) is 4.54. The fraction of sp³-hybridized carbons (Fsp3) is 0.158. The van der Waals surface area contributed by atoms with Crippen LogP contribution >= 0.6 is 11.6 Å². The fourth-order valence-electron chi connectivity index (χ4n) is 3.18. The molecular formula is C19H16ClFN4O3S. The van der Waals surface area contributed by atoms with Crippen molar-refractivity contribution in [3.8, 4) is 0 Å². The molecule has 0 bridgehead atoms. The van der Waals surface area contributed by atoms with Crippen LogP contribution in [0.3, 0.4) is 0 Å². The molecule has 3 aromatic rings. The molecule has 29 heavy (non-hydrogen) atoms. The topological polar surface area (TPSA) is 84.3 Å². The average molecular weight is 435 g/mol. The minimum atomic E-state index is -3.83. The maximum absolute atomic E-state index is 13.1. The van der Waals surface area contributed by atoms with E-state index in [0.29, 0.717) is 18.7 Å². The highest BCUT2D eigenvalue weighted by atomic mass is 35.5. The van der Waals surface area contributed by atoms with Gasteiger partial charge in [-0.1, -0.05) is 29.8 Å². The van der Waals surface area contributed by atoms with Gasteiger partial charge >= 0.3 is 0 Å². The average Bonchev–Trinajstić information content (AvgIpc) is 3.31. The Balaban J connectivity index is 1.49. The van der Waals surface area contributed by atoms with Crippen LogP contribution in [0.25, 0.3) is 0 Å². The molecule has 1 aromatic heterocycles. The van der Waals surface area contributed by atoms with Crippen LogP contribution in [-0.2, 0) is 27.8 Å². The molecule has 4 rings (SSSR count). The van der Waals surface area contributed by atoms with Gasteiger partial charge in [0.2, 0.25) is 5.91 Å². The quantitative estimate of drug-likeness (QED) is 0.668. The number of hydrogen-bond donors (Lipinski definition) is 1. The van der Waals surface area contributed by atoms with Gasteiger partial charge in [0.1, 0.15) is 12.4 Å². The summed E-state index contributed by atoms with van der Waals surface area (Å²) in [5, 5.41) is 2.49. The number of aromatic nitrogens is 2. The molecule has 0 unspecified atom stereocenters. The van der Waals surface area contributed by atoms with E-state index in [2.05, 4.69) is 10.3 Å². The lowest BCUT2D eigenvalue weighted by atomic mass is 10.2. The lowest BCUT2D eigenvalue weighted by Crippen LogP contribution is -2.29. The number of carbonyl (C=O) groups is 1. The summed E-state index contributed by atoms with van der Waals surface area (Å²) >= 11 is 5.90. The van der Waals surface area contributed by atoms with Crippen LogP contribution in [0.2, 0.25) is 5.02 Å². The molecule has 0 spiro atoms. The van der Waals surface area contributed by atoms with Crippen LogP contribution in [0.5, 0.6) is 0 Å². The SMILES string of the molecule is O=C(Cn1cnc(S(=O)(=O)N2CCc3ccccc32)c1)Nc1ccc(F)cc1Cl. The van der Waals surface area contributed by atoms with E-state index in [4.69, 9.17) is 11.6 Å². The number of nitrogens with one attached hydrogen (secondary N) is 1. The first kappa shape index (κ1) is 19.4. The number of amides is 1. The molecule has 0 atom stereocenters. The van der Waals surface area contributed by atoms with E-state index in [9.17, 15) is 17.6 Å². The lowest BCUT2D eigenvalue weighted by Gasteiger charge is -2.17. The summed E-state index contributed by atoms with van der Waals surface area (Å²) in [6.45, 7) is 0.172. The highest BCUT2D eigenvalue weighted by Crippen LogP contribution is 2.32. The van der Waals surface area contributed by atoms with Crippen LogP contribution in [0.1, 0.15) is 5.56 Å². The Bertz CT molecular complexity index is 1200. The van der Waals surface area contributed by atoms with E-state index in [1.807, 2.05) is 12.1 Å². The maximum atomic E-state index is 13.1. The number of nitrogens with zero attached hydrogens (tertiary/aromatic N) is 3. The number of hydrogen-bond acceptors (Lipinski definition) is 4. The van der Waals surface area contributed by atoms with Crippen molar-refractivity contribution in [1.82, 2.24) is 9.55 Å². The van der Waals surface area contributed by atoms with Crippen molar-refractivity contribution in [3.05, 3.63) is 71.4 Å². The third-order valence-corrected chi connectivity index (χ3v) is 6.55. The standard InChI is InChI=1S/C19H16ClFN4O3S/c20-15-9-14(21)5-6-16(15)23-18(26)10-24-11-19(22-12-24)29(27,28)25-8-7-13-3-1-2-4-17(13)25/h1-6,9,11-12H,7-8,10H2,(H,23,26). The number of fused-ring (bicyclic) bond motifs is 1. The zero-order valence-electron chi connectivity index (χ0n) is 15.0. The summed E-state index contributed by atoms with van der Waals surface area (Å²) in [6, 6.07) is 10.9. The highest BCUT2D eigenvalue weighted by molar-refractivity contribution is 7.92. The van der Waals surface area contributed by atoms with Crippen molar-refractivity contribution < 1.29 is 17.6 Å². The van der Waals surface area contributed by atoms with Crippen molar-refractivity contribution in [2.75, 3.05) is 16.2 Å². The fourth-order valence-corrected chi connectivity index (χ4v) is 4.83. The van der Waals surface area contributed by atoms with Crippen LogP contribution in [-0.4, -0.2) is 30.4 Å². The number of carbonyl (C=O) groups excluding carboxylic acids is 1. The summed E-state index contributed by atoms with van der Waals surface area (Å²) in [6.07, 6.45) is 3.22. The van der Waals surface area contributed by atoms with E-state index < -0.39 is 21.7 Å². The number of imidazole rings is 1. The largest absolute Gasteiger partial charge is 0.327 e. The van der Waals surface area contributed by atoms with E-state index in [1.54, 1.807) is 12.1 Å². The lowest BCUT2D eigenvalue weighted by molar-refractivity contribution is -0.116. The Labute approximate surface area is 171 Å². The van der Waals surface area contributed by atoms with Gasteiger partial charge in [-0.2, -0.15) is 8.42 Å². The molecule has 0 fully saturated rings. The van der Waals surface area contributed by atoms with Crippen LogP contribution in [0.15, 0.2) is 60.0 Å². The van der Waals surface area contributed by atoms with E-state index in [0.717, 1.165) is 11.6 Å². The predicted molar refractivity (Wildman–Crippen MR) is 107 cm³/mol. The van der Waals surface area contributed by atoms with Gasteiger partial charge in [0.25, 0.3) is 10.0 Å². The molecule has 0 saturated carbocycles. The van der Waals surface area contributed by atoms with Gasteiger partial charge in [0, 0.05) is 12.7 Å². The van der Waals surface area contributed by atoms with Crippen molar-refractivity contribution >= 4 is 38.9 Å². The first-order chi connectivity index (χ1) is 13.8. The highest BCUT2D eigenvalue weighted by Gasteiger charge is 2.32. The Morgan fingerprint density at radius 2 is 2.03 bits per heavy atom. The number of rotatable bonds is 5. The van der Waals surface area contributed by atoms with E-state index in [-0.39, 0.29) is 22.3 Å².